The standard InChI is InChI=1S/C15H15BrN2O/c1-11-5-3-6-12(9-11)10-18(2)15(19)13-7-4-8-17-14(13)16/h3-9H,10H2,1-2H3. The van der Waals surface area contributed by atoms with Gasteiger partial charge in [0.25, 0.3) is 5.91 Å². The summed E-state index contributed by atoms with van der Waals surface area (Å²) < 4.78 is 0.580. The van der Waals surface area contributed by atoms with Gasteiger partial charge in [0.15, 0.2) is 0 Å². The summed E-state index contributed by atoms with van der Waals surface area (Å²) in [6.07, 6.45) is 1.65. The van der Waals surface area contributed by atoms with Gasteiger partial charge in [-0.25, -0.2) is 4.98 Å². The molecule has 0 saturated heterocycles. The topological polar surface area (TPSA) is 33.2 Å². The molecule has 0 aliphatic rings. The Kier molecular flexibility index (Phi) is 4.32. The Hall–Kier alpha value is -1.68. The third kappa shape index (κ3) is 3.41. The van der Waals surface area contributed by atoms with Gasteiger partial charge in [-0.15, -0.1) is 0 Å². The van der Waals surface area contributed by atoms with Gasteiger partial charge in [-0.3, -0.25) is 4.79 Å². The molecule has 0 atom stereocenters. The Balaban J connectivity index is 2.14. The van der Waals surface area contributed by atoms with Crippen LogP contribution in [-0.2, 0) is 6.54 Å². The Labute approximate surface area is 121 Å². The second kappa shape index (κ2) is 5.97. The minimum absolute atomic E-state index is 0.0403. The second-order valence-corrected chi connectivity index (χ2v) is 5.24. The number of hydrogen-bond donors (Lipinski definition) is 0. The monoisotopic (exact) mass is 318 g/mol. The number of nitrogens with zero attached hydrogens (tertiary/aromatic N) is 2. The average Bonchev–Trinajstić information content (AvgIpc) is 2.38. The highest BCUT2D eigenvalue weighted by atomic mass is 79.9. The van der Waals surface area contributed by atoms with Gasteiger partial charge < -0.3 is 4.90 Å². The quantitative estimate of drug-likeness (QED) is 0.812. The fraction of sp³-hybridized carbons (Fsp3) is 0.200. The lowest BCUT2D eigenvalue weighted by Gasteiger charge is -2.18. The molecule has 1 aromatic carbocycles. The summed E-state index contributed by atoms with van der Waals surface area (Å²) in [7, 11) is 1.80. The van der Waals surface area contributed by atoms with Gasteiger partial charge in [-0.2, -0.15) is 0 Å². The van der Waals surface area contributed by atoms with Crippen LogP contribution in [0.15, 0.2) is 47.2 Å². The largest absolute Gasteiger partial charge is 0.337 e. The van der Waals surface area contributed by atoms with Crippen molar-refractivity contribution in [3.8, 4) is 0 Å². The number of halogens is 1. The van der Waals surface area contributed by atoms with Crippen LogP contribution < -0.4 is 0 Å². The van der Waals surface area contributed by atoms with Crippen LogP contribution in [0.25, 0.3) is 0 Å². The summed E-state index contributed by atoms with van der Waals surface area (Å²) in [6, 6.07) is 11.7. The highest BCUT2D eigenvalue weighted by Crippen LogP contribution is 2.16. The molecule has 0 aliphatic heterocycles. The van der Waals surface area contributed by atoms with E-state index < -0.39 is 0 Å². The zero-order valence-electron chi connectivity index (χ0n) is 10.9. The SMILES string of the molecule is Cc1cccc(CN(C)C(=O)c2cccnc2Br)c1. The van der Waals surface area contributed by atoms with Crippen LogP contribution in [-0.4, -0.2) is 22.8 Å². The van der Waals surface area contributed by atoms with E-state index in [0.29, 0.717) is 16.7 Å². The molecule has 1 amide bonds. The molecule has 0 saturated carbocycles. The van der Waals surface area contributed by atoms with E-state index in [4.69, 9.17) is 0 Å². The maximum Gasteiger partial charge on any atom is 0.256 e. The predicted molar refractivity (Wildman–Crippen MR) is 78.9 cm³/mol. The molecule has 0 aliphatic carbocycles. The number of carbonyl (C=O) groups is 1. The third-order valence-electron chi connectivity index (χ3n) is 2.84. The molecule has 4 heteroatoms. The lowest BCUT2D eigenvalue weighted by atomic mass is 10.1. The van der Waals surface area contributed by atoms with Crippen LogP contribution in [0.1, 0.15) is 21.5 Å². The van der Waals surface area contributed by atoms with Crippen molar-refractivity contribution in [1.29, 1.82) is 0 Å². The van der Waals surface area contributed by atoms with Crippen LogP contribution in [0.4, 0.5) is 0 Å². The molecule has 98 valence electrons. The molecule has 0 radical (unpaired) electrons. The van der Waals surface area contributed by atoms with Gasteiger partial charge in [0, 0.05) is 19.8 Å². The first-order valence-electron chi connectivity index (χ1n) is 5.99. The number of benzene rings is 1. The summed E-state index contributed by atoms with van der Waals surface area (Å²) in [5.74, 6) is -0.0403. The van der Waals surface area contributed by atoms with E-state index >= 15 is 0 Å². The summed E-state index contributed by atoms with van der Waals surface area (Å²) in [5.41, 5.74) is 2.90. The fourth-order valence-corrected chi connectivity index (χ4v) is 2.33. The van der Waals surface area contributed by atoms with E-state index in [-0.39, 0.29) is 5.91 Å². The summed E-state index contributed by atoms with van der Waals surface area (Å²) in [6.45, 7) is 2.63. The van der Waals surface area contributed by atoms with Gasteiger partial charge in [-0.1, -0.05) is 29.8 Å². The highest BCUT2D eigenvalue weighted by molar-refractivity contribution is 9.10. The number of amides is 1. The number of carbonyl (C=O) groups excluding carboxylic acids is 1. The predicted octanol–water partition coefficient (Wildman–Crippen LogP) is 3.42. The smallest absolute Gasteiger partial charge is 0.256 e. The molecule has 0 unspecified atom stereocenters. The van der Waals surface area contributed by atoms with E-state index in [2.05, 4.69) is 27.0 Å². The normalized spacial score (nSPS) is 10.3. The molecule has 0 N–H and O–H groups in total. The van der Waals surface area contributed by atoms with Crippen molar-refractivity contribution in [3.63, 3.8) is 0 Å². The van der Waals surface area contributed by atoms with E-state index in [1.165, 1.54) is 5.56 Å². The number of hydrogen-bond acceptors (Lipinski definition) is 2. The van der Waals surface area contributed by atoms with E-state index in [0.717, 1.165) is 5.56 Å². The molecular formula is C15H15BrN2O. The summed E-state index contributed by atoms with van der Waals surface area (Å²) in [5, 5.41) is 0. The minimum atomic E-state index is -0.0403. The highest BCUT2D eigenvalue weighted by Gasteiger charge is 2.15. The molecule has 0 fully saturated rings. The van der Waals surface area contributed by atoms with Crippen molar-refractivity contribution >= 4 is 21.8 Å². The number of aromatic nitrogens is 1. The van der Waals surface area contributed by atoms with Gasteiger partial charge in [0.1, 0.15) is 4.60 Å². The van der Waals surface area contributed by atoms with Crippen molar-refractivity contribution in [1.82, 2.24) is 9.88 Å². The van der Waals surface area contributed by atoms with Crippen LogP contribution in [0, 0.1) is 6.92 Å². The fourth-order valence-electron chi connectivity index (χ4n) is 1.91. The Morgan fingerprint density at radius 2 is 2.11 bits per heavy atom. The molecule has 3 nitrogen and oxygen atoms in total. The number of pyridine rings is 1. The molecule has 0 spiro atoms. The zero-order valence-corrected chi connectivity index (χ0v) is 12.5. The van der Waals surface area contributed by atoms with Crippen LogP contribution in [0.2, 0.25) is 0 Å². The lowest BCUT2D eigenvalue weighted by Crippen LogP contribution is -2.26. The first-order chi connectivity index (χ1) is 9.08. The molecule has 1 heterocycles. The summed E-state index contributed by atoms with van der Waals surface area (Å²) >= 11 is 3.30. The maximum absolute atomic E-state index is 12.3. The number of aryl methyl sites for hydroxylation is 1. The molecule has 0 bridgehead atoms. The van der Waals surface area contributed by atoms with Crippen molar-refractivity contribution in [2.24, 2.45) is 0 Å². The van der Waals surface area contributed by atoms with Crippen LogP contribution in [0.5, 0.6) is 0 Å². The van der Waals surface area contributed by atoms with Crippen molar-refractivity contribution < 1.29 is 4.79 Å². The second-order valence-electron chi connectivity index (χ2n) is 4.49. The first kappa shape index (κ1) is 13.7. The zero-order chi connectivity index (χ0) is 13.8. The molecular weight excluding hydrogens is 304 g/mol. The van der Waals surface area contributed by atoms with Gasteiger partial charge in [-0.05, 0) is 40.5 Å². The van der Waals surface area contributed by atoms with Gasteiger partial charge in [0.05, 0.1) is 5.56 Å². The van der Waals surface area contributed by atoms with Crippen molar-refractivity contribution in [2.45, 2.75) is 13.5 Å². The molecule has 1 aromatic heterocycles. The summed E-state index contributed by atoms with van der Waals surface area (Å²) in [4.78, 5) is 18.1. The Bertz CT molecular complexity index is 598. The minimum Gasteiger partial charge on any atom is -0.337 e. The lowest BCUT2D eigenvalue weighted by molar-refractivity contribution is 0.0783. The van der Waals surface area contributed by atoms with E-state index in [1.54, 1.807) is 30.3 Å². The van der Waals surface area contributed by atoms with E-state index in [9.17, 15) is 4.79 Å². The molecule has 19 heavy (non-hydrogen) atoms. The number of rotatable bonds is 3. The Morgan fingerprint density at radius 1 is 1.32 bits per heavy atom. The van der Waals surface area contributed by atoms with Crippen molar-refractivity contribution in [2.75, 3.05) is 7.05 Å². The van der Waals surface area contributed by atoms with Crippen molar-refractivity contribution in [3.05, 3.63) is 63.9 Å². The van der Waals surface area contributed by atoms with Gasteiger partial charge >= 0.3 is 0 Å². The van der Waals surface area contributed by atoms with Gasteiger partial charge in [0.2, 0.25) is 0 Å². The Morgan fingerprint density at radius 3 is 2.79 bits per heavy atom. The third-order valence-corrected chi connectivity index (χ3v) is 3.47. The van der Waals surface area contributed by atoms with Crippen LogP contribution >= 0.6 is 15.9 Å². The molecule has 2 rings (SSSR count). The van der Waals surface area contributed by atoms with Crippen LogP contribution in [0.3, 0.4) is 0 Å². The average molecular weight is 319 g/mol. The maximum atomic E-state index is 12.3. The molecule has 2 aromatic rings. The first-order valence-corrected chi connectivity index (χ1v) is 6.79. The van der Waals surface area contributed by atoms with E-state index in [1.807, 2.05) is 25.1 Å².